The Kier molecular flexibility index (Phi) is 4.48. The van der Waals surface area contributed by atoms with E-state index in [0.29, 0.717) is 16.3 Å². The zero-order valence-corrected chi connectivity index (χ0v) is 12.7. The van der Waals surface area contributed by atoms with Crippen molar-refractivity contribution in [2.75, 3.05) is 0 Å². The Labute approximate surface area is 128 Å². The molecule has 92 valence electrons. The van der Waals surface area contributed by atoms with Crippen LogP contribution in [0.4, 0.5) is 0 Å². The molecule has 0 bridgehead atoms. The fourth-order valence-corrected chi connectivity index (χ4v) is 2.16. The van der Waals surface area contributed by atoms with E-state index in [2.05, 4.69) is 22.6 Å². The van der Waals surface area contributed by atoms with Crippen LogP contribution in [0.5, 0.6) is 5.75 Å². The standard InChI is InChI=1S/C13H7Cl2IO2/c14-8-1-6-11(12(15)7-8)13(17)18-10-4-2-9(16)3-5-10/h1-7H. The molecule has 18 heavy (non-hydrogen) atoms. The van der Waals surface area contributed by atoms with Crippen molar-refractivity contribution < 1.29 is 9.53 Å². The minimum absolute atomic E-state index is 0.276. The van der Waals surface area contributed by atoms with Gasteiger partial charge in [0.05, 0.1) is 10.6 Å². The van der Waals surface area contributed by atoms with Crippen LogP contribution in [0.15, 0.2) is 42.5 Å². The van der Waals surface area contributed by atoms with E-state index >= 15 is 0 Å². The van der Waals surface area contributed by atoms with Gasteiger partial charge in [0.2, 0.25) is 0 Å². The lowest BCUT2D eigenvalue weighted by atomic mass is 10.2. The van der Waals surface area contributed by atoms with Gasteiger partial charge in [-0.1, -0.05) is 23.2 Å². The summed E-state index contributed by atoms with van der Waals surface area (Å²) in [6.07, 6.45) is 0. The Morgan fingerprint density at radius 1 is 1.06 bits per heavy atom. The number of benzene rings is 2. The number of hydrogen-bond donors (Lipinski definition) is 0. The van der Waals surface area contributed by atoms with E-state index in [1.807, 2.05) is 12.1 Å². The van der Waals surface area contributed by atoms with Gasteiger partial charge in [-0.3, -0.25) is 0 Å². The normalized spacial score (nSPS) is 10.2. The van der Waals surface area contributed by atoms with Gasteiger partial charge in [-0.2, -0.15) is 0 Å². The third-order valence-corrected chi connectivity index (χ3v) is 3.44. The minimum Gasteiger partial charge on any atom is -0.423 e. The fourth-order valence-electron chi connectivity index (χ4n) is 1.32. The number of esters is 1. The maximum Gasteiger partial charge on any atom is 0.345 e. The number of halogens is 3. The number of carbonyl (C=O) groups excluding carboxylic acids is 1. The Bertz CT molecular complexity index is 582. The molecule has 2 aromatic carbocycles. The van der Waals surface area contributed by atoms with E-state index in [-0.39, 0.29) is 5.02 Å². The lowest BCUT2D eigenvalue weighted by Gasteiger charge is -2.06. The Hall–Kier alpha value is -0.780. The molecule has 2 aromatic rings. The first-order valence-electron chi connectivity index (χ1n) is 4.99. The SMILES string of the molecule is O=C(Oc1ccc(I)cc1)c1ccc(Cl)cc1Cl. The zero-order valence-electron chi connectivity index (χ0n) is 8.99. The van der Waals surface area contributed by atoms with Crippen molar-refractivity contribution in [2.45, 2.75) is 0 Å². The Morgan fingerprint density at radius 2 is 1.72 bits per heavy atom. The van der Waals surface area contributed by atoms with Gasteiger partial charge in [-0.05, 0) is 65.1 Å². The highest BCUT2D eigenvalue weighted by atomic mass is 127. The average Bonchev–Trinajstić information content (AvgIpc) is 2.32. The minimum atomic E-state index is -0.502. The van der Waals surface area contributed by atoms with Crippen LogP contribution in [0.2, 0.25) is 10.0 Å². The topological polar surface area (TPSA) is 26.3 Å². The molecule has 0 aromatic heterocycles. The van der Waals surface area contributed by atoms with E-state index in [0.717, 1.165) is 3.57 Å². The first-order valence-corrected chi connectivity index (χ1v) is 6.82. The van der Waals surface area contributed by atoms with Gasteiger partial charge in [-0.25, -0.2) is 4.79 Å². The van der Waals surface area contributed by atoms with Gasteiger partial charge in [0, 0.05) is 8.59 Å². The largest absolute Gasteiger partial charge is 0.423 e. The van der Waals surface area contributed by atoms with Crippen LogP contribution in [0.3, 0.4) is 0 Å². The summed E-state index contributed by atoms with van der Waals surface area (Å²) >= 11 is 13.9. The van der Waals surface area contributed by atoms with E-state index < -0.39 is 5.97 Å². The third-order valence-electron chi connectivity index (χ3n) is 2.18. The fraction of sp³-hybridized carbons (Fsp3) is 0. The molecule has 0 heterocycles. The predicted molar refractivity (Wildman–Crippen MR) is 80.6 cm³/mol. The molecular formula is C13H7Cl2IO2. The van der Waals surface area contributed by atoms with E-state index in [4.69, 9.17) is 27.9 Å². The second kappa shape index (κ2) is 5.91. The molecule has 2 rings (SSSR count). The summed E-state index contributed by atoms with van der Waals surface area (Å²) in [5.74, 6) is -0.0238. The summed E-state index contributed by atoms with van der Waals surface area (Å²) in [5, 5.41) is 0.754. The highest BCUT2D eigenvalue weighted by molar-refractivity contribution is 14.1. The molecule has 2 nitrogen and oxygen atoms in total. The Balaban J connectivity index is 2.19. The zero-order chi connectivity index (χ0) is 13.1. The van der Waals surface area contributed by atoms with E-state index in [1.165, 1.54) is 6.07 Å². The van der Waals surface area contributed by atoms with Gasteiger partial charge < -0.3 is 4.74 Å². The quantitative estimate of drug-likeness (QED) is 0.416. The number of carbonyl (C=O) groups is 1. The van der Waals surface area contributed by atoms with Crippen molar-refractivity contribution in [1.29, 1.82) is 0 Å². The molecule has 0 aliphatic heterocycles. The highest BCUT2D eigenvalue weighted by Crippen LogP contribution is 2.23. The average molecular weight is 393 g/mol. The van der Waals surface area contributed by atoms with Gasteiger partial charge in [0.25, 0.3) is 0 Å². The van der Waals surface area contributed by atoms with Crippen molar-refractivity contribution in [3.05, 3.63) is 61.6 Å². The lowest BCUT2D eigenvalue weighted by Crippen LogP contribution is -2.09. The van der Waals surface area contributed by atoms with Crippen molar-refractivity contribution in [1.82, 2.24) is 0 Å². The molecule has 0 fully saturated rings. The third kappa shape index (κ3) is 3.37. The first-order chi connectivity index (χ1) is 8.56. The maximum atomic E-state index is 11.9. The second-order valence-corrected chi connectivity index (χ2v) is 5.56. The van der Waals surface area contributed by atoms with Crippen molar-refractivity contribution >= 4 is 51.8 Å². The molecule has 0 N–H and O–H groups in total. The molecule has 0 saturated carbocycles. The van der Waals surface area contributed by atoms with Crippen LogP contribution < -0.4 is 4.74 Å². The van der Waals surface area contributed by atoms with Gasteiger partial charge in [0.1, 0.15) is 5.75 Å². The summed E-state index contributed by atoms with van der Waals surface area (Å²) in [6.45, 7) is 0. The molecule has 0 aliphatic carbocycles. The van der Waals surface area contributed by atoms with Gasteiger partial charge in [-0.15, -0.1) is 0 Å². The molecule has 0 amide bonds. The highest BCUT2D eigenvalue weighted by Gasteiger charge is 2.13. The van der Waals surface area contributed by atoms with E-state index in [1.54, 1.807) is 24.3 Å². The predicted octanol–water partition coefficient (Wildman–Crippen LogP) is 4.82. The van der Waals surface area contributed by atoms with Crippen molar-refractivity contribution in [3.8, 4) is 5.75 Å². The molecule has 0 atom stereocenters. The maximum absolute atomic E-state index is 11.9. The molecule has 0 aliphatic rings. The number of hydrogen-bond acceptors (Lipinski definition) is 2. The summed E-state index contributed by atoms with van der Waals surface area (Å²) in [7, 11) is 0. The molecule has 0 unspecified atom stereocenters. The summed E-state index contributed by atoms with van der Waals surface area (Å²) in [4.78, 5) is 11.9. The molecule has 0 saturated heterocycles. The van der Waals surface area contributed by atoms with Crippen LogP contribution in [0.1, 0.15) is 10.4 Å². The van der Waals surface area contributed by atoms with Gasteiger partial charge >= 0.3 is 5.97 Å². The smallest absolute Gasteiger partial charge is 0.345 e. The van der Waals surface area contributed by atoms with Crippen molar-refractivity contribution in [2.24, 2.45) is 0 Å². The summed E-state index contributed by atoms with van der Waals surface area (Å²) in [6, 6.07) is 11.8. The van der Waals surface area contributed by atoms with Crippen LogP contribution in [-0.4, -0.2) is 5.97 Å². The van der Waals surface area contributed by atoms with Crippen LogP contribution >= 0.6 is 45.8 Å². The second-order valence-electron chi connectivity index (χ2n) is 3.47. The lowest BCUT2D eigenvalue weighted by molar-refractivity contribution is 0.0735. The molecular weight excluding hydrogens is 386 g/mol. The molecule has 5 heteroatoms. The van der Waals surface area contributed by atoms with Crippen molar-refractivity contribution in [3.63, 3.8) is 0 Å². The van der Waals surface area contributed by atoms with Crippen LogP contribution in [0, 0.1) is 3.57 Å². The summed E-state index contributed by atoms with van der Waals surface area (Å²) in [5.41, 5.74) is 0.291. The van der Waals surface area contributed by atoms with Crippen LogP contribution in [-0.2, 0) is 0 Å². The number of ether oxygens (including phenoxy) is 1. The summed E-state index contributed by atoms with van der Waals surface area (Å²) < 4.78 is 6.27. The molecule has 0 radical (unpaired) electrons. The monoisotopic (exact) mass is 392 g/mol. The number of rotatable bonds is 2. The van der Waals surface area contributed by atoms with Crippen LogP contribution in [0.25, 0.3) is 0 Å². The van der Waals surface area contributed by atoms with E-state index in [9.17, 15) is 4.79 Å². The Morgan fingerprint density at radius 3 is 2.33 bits per heavy atom. The molecule has 0 spiro atoms. The van der Waals surface area contributed by atoms with Gasteiger partial charge in [0.15, 0.2) is 0 Å². The first kappa shape index (κ1) is 13.6.